The van der Waals surface area contributed by atoms with Crippen molar-refractivity contribution in [3.8, 4) is 17.1 Å². The molecule has 1 saturated carbocycles. The van der Waals surface area contributed by atoms with E-state index in [4.69, 9.17) is 23.5 Å². The lowest BCUT2D eigenvalue weighted by molar-refractivity contribution is -0.602. The van der Waals surface area contributed by atoms with Gasteiger partial charge in [0.25, 0.3) is 5.69 Å². The van der Waals surface area contributed by atoms with Gasteiger partial charge >= 0.3 is 0 Å². The van der Waals surface area contributed by atoms with Gasteiger partial charge in [-0.2, -0.15) is 4.57 Å². The molecule has 3 aromatic heterocycles. The first-order chi connectivity index (χ1) is 21.4. The van der Waals surface area contributed by atoms with E-state index >= 15 is 0 Å². The molecule has 5 aromatic rings. The second-order valence-electron chi connectivity index (χ2n) is 14.0. The molecule has 1 aliphatic carbocycles. The lowest BCUT2D eigenvalue weighted by Gasteiger charge is -2.22. The van der Waals surface area contributed by atoms with E-state index in [1.165, 1.54) is 0 Å². The summed E-state index contributed by atoms with van der Waals surface area (Å²) in [5, 5.41) is 1.94. The van der Waals surface area contributed by atoms with Crippen molar-refractivity contribution in [3.05, 3.63) is 76.6 Å². The van der Waals surface area contributed by atoms with Gasteiger partial charge in [0.2, 0.25) is 5.58 Å². The summed E-state index contributed by atoms with van der Waals surface area (Å²) in [5.41, 5.74) is 5.30. The molecule has 0 amide bonds. The van der Waals surface area contributed by atoms with Gasteiger partial charge in [0.05, 0.1) is 0 Å². The van der Waals surface area contributed by atoms with Gasteiger partial charge in [-0.1, -0.05) is 72.9 Å². The topological polar surface area (TPSA) is 55.7 Å². The van der Waals surface area contributed by atoms with Gasteiger partial charge in [-0.3, -0.25) is 0 Å². The van der Waals surface area contributed by atoms with Gasteiger partial charge in [0.1, 0.15) is 17.2 Å². The highest BCUT2D eigenvalue weighted by atomic mass is 16.3. The Bertz CT molecular complexity index is 1940. The summed E-state index contributed by atoms with van der Waals surface area (Å²) in [6.45, 7) is 14.3. The number of benzene rings is 2. The Kier molecular flexibility index (Phi) is 5.86. The van der Waals surface area contributed by atoms with Crippen LogP contribution in [0.15, 0.2) is 47.0 Å². The predicted octanol–water partition coefficient (Wildman–Crippen LogP) is 9.28. The minimum Gasteiger partial charge on any atom is -0.449 e. The van der Waals surface area contributed by atoms with Crippen molar-refractivity contribution in [2.45, 2.75) is 111 Å². The SMILES string of the molecule is [2H]C([2H])([2H])c1cc(C)[n+](-c2c(C)ccc3c2oc2cc(-c4nc(C(C)(C)C)nc(C(C)(C)C)n4)ccc23)cc1C1([2H])CCCCC1. The molecule has 1 aliphatic rings. The molecular formula is C37H45N4O+. The predicted molar refractivity (Wildman–Crippen MR) is 172 cm³/mol. The number of hydrogen-bond donors (Lipinski definition) is 0. The summed E-state index contributed by atoms with van der Waals surface area (Å²) >= 11 is 0. The number of fused-ring (bicyclic) bond motifs is 3. The Morgan fingerprint density at radius 3 is 2.14 bits per heavy atom. The second-order valence-corrected chi connectivity index (χ2v) is 14.0. The molecule has 218 valence electrons. The zero-order chi connectivity index (χ0) is 33.4. The molecule has 0 spiro atoms. The summed E-state index contributed by atoms with van der Waals surface area (Å²) in [6, 6.07) is 12.0. The minimum absolute atomic E-state index is 0.244. The number of furan rings is 1. The van der Waals surface area contributed by atoms with E-state index < -0.39 is 12.7 Å². The van der Waals surface area contributed by atoms with Crippen molar-refractivity contribution >= 4 is 21.9 Å². The number of aromatic nitrogens is 4. The minimum atomic E-state index is -2.31. The maximum Gasteiger partial charge on any atom is 0.257 e. The highest BCUT2D eigenvalue weighted by Crippen LogP contribution is 2.37. The van der Waals surface area contributed by atoms with E-state index in [-0.39, 0.29) is 16.4 Å². The van der Waals surface area contributed by atoms with Crippen LogP contribution in [0, 0.1) is 20.7 Å². The van der Waals surface area contributed by atoms with Crippen molar-refractivity contribution in [1.82, 2.24) is 15.0 Å². The molecule has 6 rings (SSSR count). The number of pyridine rings is 1. The smallest absolute Gasteiger partial charge is 0.257 e. The van der Waals surface area contributed by atoms with Crippen LogP contribution >= 0.6 is 0 Å². The molecule has 0 atom stereocenters. The molecule has 0 N–H and O–H groups in total. The van der Waals surface area contributed by atoms with Crippen LogP contribution in [0.3, 0.4) is 0 Å². The number of hydrogen-bond acceptors (Lipinski definition) is 4. The molecule has 0 unspecified atom stereocenters. The van der Waals surface area contributed by atoms with E-state index in [1.807, 2.05) is 36.7 Å². The molecule has 0 radical (unpaired) electrons. The van der Waals surface area contributed by atoms with Gasteiger partial charge in [0, 0.05) is 56.8 Å². The average molecular weight is 566 g/mol. The highest BCUT2D eigenvalue weighted by Gasteiger charge is 2.28. The monoisotopic (exact) mass is 565 g/mol. The third-order valence-corrected chi connectivity index (χ3v) is 8.41. The largest absolute Gasteiger partial charge is 0.449 e. The molecule has 5 nitrogen and oxygen atoms in total. The molecule has 3 heterocycles. The average Bonchev–Trinajstić information content (AvgIpc) is 3.34. The lowest BCUT2D eigenvalue weighted by atomic mass is 9.83. The van der Waals surface area contributed by atoms with Crippen LogP contribution in [-0.4, -0.2) is 15.0 Å². The fraction of sp³-hybridized carbons (Fsp3) is 0.459. The van der Waals surface area contributed by atoms with Gasteiger partial charge in [-0.05, 0) is 56.3 Å². The van der Waals surface area contributed by atoms with Gasteiger partial charge in [0.15, 0.2) is 17.7 Å². The second kappa shape index (κ2) is 10.3. The molecule has 0 bridgehead atoms. The molecule has 1 fully saturated rings. The van der Waals surface area contributed by atoms with Crippen molar-refractivity contribution in [2.75, 3.05) is 0 Å². The zero-order valence-corrected chi connectivity index (χ0v) is 26.3. The fourth-order valence-electron chi connectivity index (χ4n) is 5.97. The first-order valence-corrected chi connectivity index (χ1v) is 15.2. The fourth-order valence-corrected chi connectivity index (χ4v) is 5.97. The van der Waals surface area contributed by atoms with Gasteiger partial charge < -0.3 is 4.42 Å². The van der Waals surface area contributed by atoms with E-state index in [2.05, 4.69) is 59.7 Å². The van der Waals surface area contributed by atoms with Crippen molar-refractivity contribution in [1.29, 1.82) is 0 Å². The van der Waals surface area contributed by atoms with Crippen LogP contribution < -0.4 is 4.57 Å². The molecule has 5 heteroatoms. The third-order valence-electron chi connectivity index (χ3n) is 8.41. The van der Waals surface area contributed by atoms with Crippen LogP contribution in [0.4, 0.5) is 0 Å². The number of rotatable bonds is 3. The maximum atomic E-state index is 9.43. The third kappa shape index (κ3) is 5.12. The number of aryl methyl sites for hydroxylation is 3. The molecular weight excluding hydrogens is 516 g/mol. The number of nitrogens with zero attached hydrogens (tertiary/aromatic N) is 4. The summed E-state index contributed by atoms with van der Waals surface area (Å²) in [6.07, 6.45) is 6.14. The maximum absolute atomic E-state index is 9.43. The van der Waals surface area contributed by atoms with Crippen LogP contribution in [0.1, 0.15) is 119 Å². The Morgan fingerprint density at radius 1 is 0.833 bits per heavy atom. The van der Waals surface area contributed by atoms with Crippen LogP contribution in [0.5, 0.6) is 0 Å². The van der Waals surface area contributed by atoms with E-state index in [1.54, 1.807) is 6.07 Å². The van der Waals surface area contributed by atoms with E-state index in [9.17, 15) is 1.37 Å². The van der Waals surface area contributed by atoms with Crippen molar-refractivity contribution in [2.24, 2.45) is 0 Å². The molecule has 42 heavy (non-hydrogen) atoms. The summed E-state index contributed by atoms with van der Waals surface area (Å²) in [7, 11) is 0. The summed E-state index contributed by atoms with van der Waals surface area (Å²) in [4.78, 5) is 14.6. The summed E-state index contributed by atoms with van der Waals surface area (Å²) in [5.74, 6) is 1.17. The van der Waals surface area contributed by atoms with Crippen molar-refractivity contribution in [3.63, 3.8) is 0 Å². The standard InChI is InChI=1S/C37H45N4O/c1-22-15-17-28-27-18-16-26(33-38-34(36(4,5)6)40-35(39-33)37(7,8)9)20-30(27)42-32(28)31(22)41-21-29(23(2)19-24(41)3)25-13-11-10-12-14-25/h15-21,25H,10-14H2,1-9H3/q+1/i2D3,25D. The first kappa shape index (κ1) is 23.9. The molecule has 2 aromatic carbocycles. The van der Waals surface area contributed by atoms with Crippen LogP contribution in [0.2, 0.25) is 0 Å². The Hall–Kier alpha value is -3.60. The van der Waals surface area contributed by atoms with Gasteiger partial charge in [-0.15, -0.1) is 0 Å². The van der Waals surface area contributed by atoms with Crippen molar-refractivity contribution < 1.29 is 14.5 Å². The van der Waals surface area contributed by atoms with E-state index in [0.717, 1.165) is 75.4 Å². The normalized spacial score (nSPS) is 17.6. The Labute approximate surface area is 256 Å². The Balaban J connectivity index is 1.56. The first-order valence-electron chi connectivity index (χ1n) is 17.2. The quantitative estimate of drug-likeness (QED) is 0.205. The Morgan fingerprint density at radius 2 is 1.50 bits per heavy atom. The summed E-state index contributed by atoms with van der Waals surface area (Å²) < 4.78 is 43.1. The van der Waals surface area contributed by atoms with E-state index in [0.29, 0.717) is 24.2 Å². The van der Waals surface area contributed by atoms with Crippen LogP contribution in [0.25, 0.3) is 39.0 Å². The van der Waals surface area contributed by atoms with Gasteiger partial charge in [-0.25, -0.2) is 15.0 Å². The molecule has 0 aliphatic heterocycles. The van der Waals surface area contributed by atoms with Crippen LogP contribution in [-0.2, 0) is 10.8 Å². The highest BCUT2D eigenvalue weighted by molar-refractivity contribution is 6.08. The lowest BCUT2D eigenvalue weighted by Crippen LogP contribution is -2.36. The zero-order valence-electron chi connectivity index (χ0n) is 30.3. The molecule has 0 saturated heterocycles.